The number of aromatic nitrogens is 1. The molecule has 4 aromatic rings. The molecule has 1 aromatic heterocycles. The summed E-state index contributed by atoms with van der Waals surface area (Å²) in [4.78, 5) is 27.4. The van der Waals surface area contributed by atoms with E-state index in [-0.39, 0.29) is 11.6 Å². The number of rotatable bonds is 9. The average Bonchev–Trinajstić information content (AvgIpc) is 3.29. The normalized spacial score (nSPS) is 11.7. The van der Waals surface area contributed by atoms with Crippen LogP contribution in [0, 0.1) is 5.82 Å². The third kappa shape index (κ3) is 6.09. The number of ether oxygens (including phenoxy) is 2. The van der Waals surface area contributed by atoms with Crippen molar-refractivity contribution in [1.82, 2.24) is 9.47 Å². The topological polar surface area (TPSA) is 72.8 Å². The van der Waals surface area contributed by atoms with Crippen molar-refractivity contribution < 1.29 is 23.5 Å². The van der Waals surface area contributed by atoms with E-state index in [1.807, 2.05) is 61.0 Å². The predicted octanol–water partition coefficient (Wildman–Crippen LogP) is 6.08. The second kappa shape index (κ2) is 11.6. The number of amides is 2. The largest absolute Gasteiger partial charge is 0.481 e. The summed E-state index contributed by atoms with van der Waals surface area (Å²) in [6.45, 7) is 6.80. The zero-order valence-electron chi connectivity index (χ0n) is 21.1. The van der Waals surface area contributed by atoms with Crippen LogP contribution in [0.2, 0.25) is 0 Å². The first-order chi connectivity index (χ1) is 17.9. The van der Waals surface area contributed by atoms with Gasteiger partial charge in [-0.3, -0.25) is 4.79 Å². The van der Waals surface area contributed by atoms with Gasteiger partial charge in [-0.2, -0.15) is 0 Å². The molecule has 1 heterocycles. The van der Waals surface area contributed by atoms with Crippen molar-refractivity contribution in [3.05, 3.63) is 90.4 Å². The molecule has 37 heavy (non-hydrogen) atoms. The Hall–Kier alpha value is -4.33. The molecule has 8 heteroatoms. The minimum Gasteiger partial charge on any atom is -0.481 e. The van der Waals surface area contributed by atoms with Crippen molar-refractivity contribution in [2.45, 2.75) is 33.4 Å². The quantitative estimate of drug-likeness (QED) is 0.301. The van der Waals surface area contributed by atoms with Gasteiger partial charge in [0.25, 0.3) is 5.91 Å². The van der Waals surface area contributed by atoms with Crippen molar-refractivity contribution in [3.63, 3.8) is 0 Å². The van der Waals surface area contributed by atoms with Crippen molar-refractivity contribution in [3.8, 4) is 11.5 Å². The molecular weight excluding hydrogens is 473 g/mol. The number of carbonyl (C=O) groups is 2. The van der Waals surface area contributed by atoms with Gasteiger partial charge in [0.05, 0.1) is 11.2 Å². The fraction of sp³-hybridized carbons (Fsp3) is 0.241. The Balaban J connectivity index is 1.67. The lowest BCUT2D eigenvalue weighted by molar-refractivity contribution is -0.122. The van der Waals surface area contributed by atoms with Gasteiger partial charge in [0.1, 0.15) is 11.6 Å². The lowest BCUT2D eigenvalue weighted by Gasteiger charge is -2.21. The number of fused-ring (bicyclic) bond motifs is 1. The molecule has 0 aliphatic heterocycles. The summed E-state index contributed by atoms with van der Waals surface area (Å²) >= 11 is 0. The van der Waals surface area contributed by atoms with Gasteiger partial charge in [-0.15, -0.1) is 0 Å². The standard InChI is InChI=1S/C29H30FN3O4/c1-4-32(5-2)29(35)37-26-15-14-25-24(16-17-33(25)19-21-10-9-11-22(30)18-21)27(26)31-28(34)20(3)36-23-12-7-6-8-13-23/h6-18,20H,4-5,19H2,1-3H3,(H,31,34)/t20-/m0/s1. The van der Waals surface area contributed by atoms with Crippen molar-refractivity contribution in [1.29, 1.82) is 0 Å². The molecule has 0 fully saturated rings. The lowest BCUT2D eigenvalue weighted by atomic mass is 10.1. The minimum atomic E-state index is -0.807. The van der Waals surface area contributed by atoms with E-state index in [1.54, 1.807) is 36.1 Å². The van der Waals surface area contributed by atoms with Gasteiger partial charge >= 0.3 is 6.09 Å². The molecule has 1 N–H and O–H groups in total. The molecule has 0 saturated heterocycles. The van der Waals surface area contributed by atoms with Gasteiger partial charge in [0, 0.05) is 31.2 Å². The molecule has 192 valence electrons. The van der Waals surface area contributed by atoms with Crippen LogP contribution in [-0.4, -0.2) is 40.7 Å². The summed E-state index contributed by atoms with van der Waals surface area (Å²) in [6.07, 6.45) is 0.538. The number of nitrogens with zero attached hydrogens (tertiary/aromatic N) is 2. The monoisotopic (exact) mass is 503 g/mol. The summed E-state index contributed by atoms with van der Waals surface area (Å²) in [5, 5.41) is 3.59. The average molecular weight is 504 g/mol. The Morgan fingerprint density at radius 3 is 2.46 bits per heavy atom. The predicted molar refractivity (Wildman–Crippen MR) is 142 cm³/mol. The first-order valence-corrected chi connectivity index (χ1v) is 12.2. The van der Waals surface area contributed by atoms with E-state index in [1.165, 1.54) is 12.1 Å². The summed E-state index contributed by atoms with van der Waals surface area (Å²) < 4.78 is 27.2. The maximum Gasteiger partial charge on any atom is 0.415 e. The smallest absolute Gasteiger partial charge is 0.415 e. The van der Waals surface area contributed by atoms with E-state index in [0.717, 1.165) is 11.1 Å². The minimum absolute atomic E-state index is 0.230. The molecule has 0 bridgehead atoms. The fourth-order valence-corrected chi connectivity index (χ4v) is 4.06. The number of carbonyl (C=O) groups excluding carboxylic acids is 2. The first-order valence-electron chi connectivity index (χ1n) is 12.2. The van der Waals surface area contributed by atoms with E-state index in [2.05, 4.69) is 5.32 Å². The summed E-state index contributed by atoms with van der Waals surface area (Å²) in [5.74, 6) is 0.0975. The molecular formula is C29H30FN3O4. The number of nitrogens with one attached hydrogen (secondary N) is 1. The second-order valence-corrected chi connectivity index (χ2v) is 8.55. The number of hydrogen-bond donors (Lipinski definition) is 1. The Morgan fingerprint density at radius 2 is 1.76 bits per heavy atom. The maximum absolute atomic E-state index is 13.7. The van der Waals surface area contributed by atoms with E-state index in [4.69, 9.17) is 9.47 Å². The Bertz CT molecular complexity index is 1380. The third-order valence-corrected chi connectivity index (χ3v) is 6.05. The van der Waals surface area contributed by atoms with Crippen molar-refractivity contribution in [2.75, 3.05) is 18.4 Å². The van der Waals surface area contributed by atoms with E-state index < -0.39 is 18.1 Å². The van der Waals surface area contributed by atoms with E-state index >= 15 is 0 Å². The maximum atomic E-state index is 13.7. The van der Waals surface area contributed by atoms with Crippen LogP contribution in [0.25, 0.3) is 10.9 Å². The van der Waals surface area contributed by atoms with Gasteiger partial charge in [-0.25, -0.2) is 9.18 Å². The van der Waals surface area contributed by atoms with Crippen LogP contribution in [0.4, 0.5) is 14.9 Å². The Morgan fingerprint density at radius 1 is 1.00 bits per heavy atom. The summed E-state index contributed by atoms with van der Waals surface area (Å²) in [7, 11) is 0. The SMILES string of the molecule is CCN(CC)C(=O)Oc1ccc2c(ccn2Cc2cccc(F)c2)c1NC(=O)[C@H](C)Oc1ccccc1. The molecule has 0 radical (unpaired) electrons. The highest BCUT2D eigenvalue weighted by Gasteiger charge is 2.22. The highest BCUT2D eigenvalue weighted by molar-refractivity contribution is 6.06. The number of benzene rings is 3. The molecule has 7 nitrogen and oxygen atoms in total. The first kappa shape index (κ1) is 25.8. The van der Waals surface area contributed by atoms with E-state index in [9.17, 15) is 14.0 Å². The van der Waals surface area contributed by atoms with Crippen molar-refractivity contribution >= 4 is 28.6 Å². The Kier molecular flexibility index (Phi) is 8.08. The molecule has 0 spiro atoms. The highest BCUT2D eigenvalue weighted by Crippen LogP contribution is 2.35. The zero-order valence-corrected chi connectivity index (χ0v) is 21.1. The molecule has 0 aliphatic rings. The number of halogens is 1. The molecule has 3 aromatic carbocycles. The summed E-state index contributed by atoms with van der Waals surface area (Å²) in [6, 6.07) is 20.8. The lowest BCUT2D eigenvalue weighted by Crippen LogP contribution is -2.34. The number of anilines is 1. The van der Waals surface area contributed by atoms with Crippen LogP contribution >= 0.6 is 0 Å². The molecule has 4 rings (SSSR count). The van der Waals surface area contributed by atoms with Crippen LogP contribution < -0.4 is 14.8 Å². The van der Waals surface area contributed by atoms with Gasteiger partial charge < -0.3 is 24.3 Å². The highest BCUT2D eigenvalue weighted by atomic mass is 19.1. The van der Waals surface area contributed by atoms with Crippen LogP contribution in [0.1, 0.15) is 26.3 Å². The van der Waals surface area contributed by atoms with Crippen LogP contribution in [0.15, 0.2) is 79.0 Å². The zero-order chi connectivity index (χ0) is 26.4. The van der Waals surface area contributed by atoms with Gasteiger partial charge in [0.2, 0.25) is 0 Å². The molecule has 2 amide bonds. The third-order valence-electron chi connectivity index (χ3n) is 6.05. The van der Waals surface area contributed by atoms with Gasteiger partial charge in [-0.1, -0.05) is 30.3 Å². The van der Waals surface area contributed by atoms with Crippen LogP contribution in [0.3, 0.4) is 0 Å². The molecule has 0 unspecified atom stereocenters. The van der Waals surface area contributed by atoms with Crippen LogP contribution in [0.5, 0.6) is 11.5 Å². The Labute approximate surface area is 215 Å². The second-order valence-electron chi connectivity index (χ2n) is 8.55. The van der Waals surface area contributed by atoms with Gasteiger partial charge in [-0.05, 0) is 68.8 Å². The van der Waals surface area contributed by atoms with E-state index in [0.29, 0.717) is 36.5 Å². The molecule has 0 aliphatic carbocycles. The van der Waals surface area contributed by atoms with Crippen molar-refractivity contribution in [2.24, 2.45) is 0 Å². The summed E-state index contributed by atoms with van der Waals surface area (Å²) in [5.41, 5.74) is 1.95. The molecule has 1 atom stereocenters. The molecule has 0 saturated carbocycles. The van der Waals surface area contributed by atoms with Gasteiger partial charge in [0.15, 0.2) is 11.9 Å². The number of hydrogen-bond acceptors (Lipinski definition) is 4. The number of para-hydroxylation sites is 1. The van der Waals surface area contributed by atoms with Crippen LogP contribution in [-0.2, 0) is 11.3 Å². The fourth-order valence-electron chi connectivity index (χ4n) is 4.06.